The lowest BCUT2D eigenvalue weighted by Crippen LogP contribution is -2.38. The predicted molar refractivity (Wildman–Crippen MR) is 122 cm³/mol. The number of hydrogen-bond donors (Lipinski definition) is 1. The lowest BCUT2D eigenvalue weighted by Gasteiger charge is -2.26. The quantitative estimate of drug-likeness (QED) is 0.487. The first-order valence-corrected chi connectivity index (χ1v) is 10.7. The second-order valence-electron chi connectivity index (χ2n) is 7.65. The minimum atomic E-state index is 0.683. The zero-order valence-electron chi connectivity index (χ0n) is 17.7. The summed E-state index contributed by atoms with van der Waals surface area (Å²) < 4.78 is 18.9. The number of morpholine rings is 1. The van der Waals surface area contributed by atoms with E-state index in [1.54, 1.807) is 26.5 Å². The number of nitrogens with one attached hydrogen (secondary N) is 1. The molecule has 1 aliphatic heterocycles. The van der Waals surface area contributed by atoms with Crippen molar-refractivity contribution in [1.82, 2.24) is 19.4 Å². The lowest BCUT2D eigenvalue weighted by molar-refractivity contribution is 0.0365. The molecule has 162 valence electrons. The van der Waals surface area contributed by atoms with E-state index >= 15 is 0 Å². The molecule has 7 nitrogen and oxygen atoms in total. The number of benzene rings is 1. The van der Waals surface area contributed by atoms with Gasteiger partial charge in [-0.05, 0) is 18.2 Å². The molecule has 1 aliphatic rings. The highest BCUT2D eigenvalue weighted by molar-refractivity contribution is 6.35. The van der Waals surface area contributed by atoms with Crippen LogP contribution < -0.4 is 9.47 Å². The Kier molecular flexibility index (Phi) is 5.48. The molecule has 0 bridgehead atoms. The monoisotopic (exact) mass is 440 g/mol. The van der Waals surface area contributed by atoms with Gasteiger partial charge in [0.05, 0.1) is 38.0 Å². The first-order valence-electron chi connectivity index (χ1n) is 10.4. The van der Waals surface area contributed by atoms with Crippen LogP contribution in [0.15, 0.2) is 36.7 Å². The fraction of sp³-hybridized carbons (Fsp3) is 0.348. The van der Waals surface area contributed by atoms with Gasteiger partial charge in [0.15, 0.2) is 11.5 Å². The summed E-state index contributed by atoms with van der Waals surface area (Å²) in [5.74, 6) is 1.42. The number of ether oxygens (including phenoxy) is 3. The number of halogens is 1. The number of hydrogen-bond acceptors (Lipinski definition) is 5. The molecule has 0 amide bonds. The maximum absolute atomic E-state index is 6.39. The number of aromatic amines is 1. The highest BCUT2D eigenvalue weighted by Gasteiger charge is 2.18. The van der Waals surface area contributed by atoms with E-state index in [1.807, 2.05) is 12.1 Å². The molecule has 4 heterocycles. The van der Waals surface area contributed by atoms with Crippen LogP contribution in [0.5, 0.6) is 11.5 Å². The molecule has 1 N–H and O–H groups in total. The molecule has 0 aliphatic carbocycles. The largest absolute Gasteiger partial charge is 0.493 e. The summed E-state index contributed by atoms with van der Waals surface area (Å²) in [6.45, 7) is 5.36. The first-order chi connectivity index (χ1) is 15.2. The molecule has 0 radical (unpaired) electrons. The second-order valence-corrected chi connectivity index (χ2v) is 8.06. The Morgan fingerprint density at radius 3 is 2.58 bits per heavy atom. The summed E-state index contributed by atoms with van der Waals surface area (Å²) in [7, 11) is 3.32. The highest BCUT2D eigenvalue weighted by atomic mass is 35.5. The van der Waals surface area contributed by atoms with Crippen LogP contribution in [0.4, 0.5) is 0 Å². The van der Waals surface area contributed by atoms with E-state index in [4.69, 9.17) is 25.8 Å². The Morgan fingerprint density at radius 2 is 1.84 bits per heavy atom. The Labute approximate surface area is 185 Å². The minimum absolute atomic E-state index is 0.683. The average Bonchev–Trinajstić information content (AvgIpc) is 3.39. The van der Waals surface area contributed by atoms with Crippen LogP contribution in [0.25, 0.3) is 33.2 Å². The summed E-state index contributed by atoms with van der Waals surface area (Å²) in [4.78, 5) is 10.3. The summed E-state index contributed by atoms with van der Waals surface area (Å²) in [5.41, 5.74) is 3.92. The number of pyridine rings is 1. The van der Waals surface area contributed by atoms with E-state index in [0.717, 1.165) is 72.6 Å². The number of nitrogens with zero attached hydrogens (tertiary/aromatic N) is 3. The standard InChI is InChI=1S/C23H25ClN4O3/c1-29-21-12-15-17(19-11-16-18(24)3-4-25-23(16)26-19)14-28(20(15)13-22(21)30-2)6-5-27-7-9-31-10-8-27/h3-4,11-14H,5-10H2,1-2H3,(H,25,26). The van der Waals surface area contributed by atoms with Gasteiger partial charge in [0.25, 0.3) is 0 Å². The SMILES string of the molecule is COc1cc2c(-c3cc4c(Cl)ccnc4[nH]3)cn(CCN3CCOCC3)c2cc1OC. The van der Waals surface area contributed by atoms with Gasteiger partial charge in [-0.1, -0.05) is 11.6 Å². The average molecular weight is 441 g/mol. The number of H-pyrrole nitrogens is 1. The maximum atomic E-state index is 6.39. The van der Waals surface area contributed by atoms with Gasteiger partial charge >= 0.3 is 0 Å². The molecule has 0 unspecified atom stereocenters. The Bertz CT molecular complexity index is 1230. The van der Waals surface area contributed by atoms with Crippen LogP contribution in [-0.4, -0.2) is 66.5 Å². The van der Waals surface area contributed by atoms with Crippen molar-refractivity contribution in [1.29, 1.82) is 0 Å². The zero-order valence-corrected chi connectivity index (χ0v) is 18.4. The number of fused-ring (bicyclic) bond motifs is 2. The molecule has 3 aromatic heterocycles. The van der Waals surface area contributed by atoms with Crippen LogP contribution in [0.1, 0.15) is 0 Å². The summed E-state index contributed by atoms with van der Waals surface area (Å²) in [6, 6.07) is 7.95. The van der Waals surface area contributed by atoms with Crippen molar-refractivity contribution in [3.05, 3.63) is 41.7 Å². The van der Waals surface area contributed by atoms with E-state index in [-0.39, 0.29) is 0 Å². The van der Waals surface area contributed by atoms with Crippen molar-refractivity contribution in [2.75, 3.05) is 47.1 Å². The smallest absolute Gasteiger partial charge is 0.162 e. The minimum Gasteiger partial charge on any atom is -0.493 e. The molecule has 5 rings (SSSR count). The van der Waals surface area contributed by atoms with Crippen molar-refractivity contribution in [3.8, 4) is 22.8 Å². The molecule has 4 aromatic rings. The summed E-state index contributed by atoms with van der Waals surface area (Å²) in [5, 5.41) is 2.68. The van der Waals surface area contributed by atoms with E-state index < -0.39 is 0 Å². The Hall–Kier alpha value is -2.74. The van der Waals surface area contributed by atoms with Gasteiger partial charge in [0, 0.05) is 66.7 Å². The first kappa shape index (κ1) is 20.2. The Morgan fingerprint density at radius 1 is 1.06 bits per heavy atom. The van der Waals surface area contributed by atoms with Crippen LogP contribution >= 0.6 is 11.6 Å². The molecule has 0 spiro atoms. The molecule has 1 aromatic carbocycles. The van der Waals surface area contributed by atoms with Gasteiger partial charge in [0.1, 0.15) is 5.65 Å². The van der Waals surface area contributed by atoms with Crippen molar-refractivity contribution in [3.63, 3.8) is 0 Å². The molecule has 1 fully saturated rings. The topological polar surface area (TPSA) is 64.5 Å². The number of rotatable bonds is 6. The molecule has 0 atom stereocenters. The zero-order chi connectivity index (χ0) is 21.4. The van der Waals surface area contributed by atoms with Gasteiger partial charge in [-0.3, -0.25) is 4.90 Å². The van der Waals surface area contributed by atoms with Crippen LogP contribution in [0.2, 0.25) is 5.02 Å². The lowest BCUT2D eigenvalue weighted by atomic mass is 10.1. The fourth-order valence-corrected chi connectivity index (χ4v) is 4.43. The number of aromatic nitrogens is 3. The van der Waals surface area contributed by atoms with Gasteiger partial charge < -0.3 is 23.8 Å². The van der Waals surface area contributed by atoms with Crippen molar-refractivity contribution in [2.24, 2.45) is 0 Å². The van der Waals surface area contributed by atoms with E-state index in [9.17, 15) is 0 Å². The van der Waals surface area contributed by atoms with Crippen LogP contribution in [0.3, 0.4) is 0 Å². The third kappa shape index (κ3) is 3.73. The molecule has 31 heavy (non-hydrogen) atoms. The number of methoxy groups -OCH3 is 2. The van der Waals surface area contributed by atoms with Crippen molar-refractivity contribution < 1.29 is 14.2 Å². The predicted octanol–water partition coefficient (Wildman–Crippen LogP) is 4.19. The molecule has 0 saturated carbocycles. The molecule has 8 heteroatoms. The third-order valence-corrected chi connectivity index (χ3v) is 6.25. The fourth-order valence-electron chi connectivity index (χ4n) is 4.23. The van der Waals surface area contributed by atoms with Crippen LogP contribution in [0, 0.1) is 0 Å². The van der Waals surface area contributed by atoms with E-state index in [0.29, 0.717) is 16.5 Å². The normalized spacial score (nSPS) is 15.1. The summed E-state index contributed by atoms with van der Waals surface area (Å²) in [6.07, 6.45) is 3.90. The van der Waals surface area contributed by atoms with E-state index in [1.165, 1.54) is 0 Å². The van der Waals surface area contributed by atoms with Gasteiger partial charge in [-0.25, -0.2) is 4.98 Å². The van der Waals surface area contributed by atoms with E-state index in [2.05, 4.69) is 31.7 Å². The molecular weight excluding hydrogens is 416 g/mol. The van der Waals surface area contributed by atoms with Crippen molar-refractivity contribution in [2.45, 2.75) is 6.54 Å². The van der Waals surface area contributed by atoms with Crippen molar-refractivity contribution >= 4 is 33.5 Å². The highest BCUT2D eigenvalue weighted by Crippen LogP contribution is 2.39. The van der Waals surface area contributed by atoms with Crippen LogP contribution in [-0.2, 0) is 11.3 Å². The third-order valence-electron chi connectivity index (χ3n) is 5.92. The summed E-state index contributed by atoms with van der Waals surface area (Å²) >= 11 is 6.39. The second kappa shape index (κ2) is 8.42. The molecular formula is C23H25ClN4O3. The Balaban J connectivity index is 1.61. The maximum Gasteiger partial charge on any atom is 0.162 e. The van der Waals surface area contributed by atoms with Gasteiger partial charge in [0.2, 0.25) is 0 Å². The van der Waals surface area contributed by atoms with Gasteiger partial charge in [-0.2, -0.15) is 0 Å². The van der Waals surface area contributed by atoms with Gasteiger partial charge in [-0.15, -0.1) is 0 Å². The molecule has 1 saturated heterocycles.